The molecule has 0 atom stereocenters. The van der Waals surface area contributed by atoms with Crippen LogP contribution in [0.1, 0.15) is 22.3 Å². The first-order chi connectivity index (χ1) is 11.4. The lowest BCUT2D eigenvalue weighted by atomic mass is 10.0. The lowest BCUT2D eigenvalue weighted by molar-refractivity contribution is -0.147. The Labute approximate surface area is 146 Å². The third kappa shape index (κ3) is 5.70. The Bertz CT molecular complexity index is 743. The number of esters is 1. The summed E-state index contributed by atoms with van der Waals surface area (Å²) in [6.45, 7) is 4.06. The number of rotatable bonds is 6. The molecular formula is C19H20ClNO3. The number of carbonyl (C=O) groups is 2. The van der Waals surface area contributed by atoms with Crippen LogP contribution in [0.25, 0.3) is 0 Å². The summed E-state index contributed by atoms with van der Waals surface area (Å²) in [5, 5.41) is 3.30. The molecule has 0 bridgehead atoms. The lowest BCUT2D eigenvalue weighted by Crippen LogP contribution is -2.28. The smallest absolute Gasteiger partial charge is 0.310 e. The maximum absolute atomic E-state index is 11.8. The SMILES string of the molecule is Cc1ccc(CC(=O)OCC(=O)NCc2cccc(Cl)c2)cc1C. The van der Waals surface area contributed by atoms with Crippen molar-refractivity contribution < 1.29 is 14.3 Å². The van der Waals surface area contributed by atoms with E-state index in [0.29, 0.717) is 11.6 Å². The fourth-order valence-corrected chi connectivity index (χ4v) is 2.39. The molecule has 5 heteroatoms. The Kier molecular flexibility index (Phi) is 6.38. The van der Waals surface area contributed by atoms with Crippen molar-refractivity contribution >= 4 is 23.5 Å². The zero-order valence-electron chi connectivity index (χ0n) is 13.8. The molecule has 2 aromatic rings. The van der Waals surface area contributed by atoms with E-state index < -0.39 is 5.97 Å². The van der Waals surface area contributed by atoms with Crippen molar-refractivity contribution in [2.45, 2.75) is 26.8 Å². The fraction of sp³-hybridized carbons (Fsp3) is 0.263. The van der Waals surface area contributed by atoms with Gasteiger partial charge in [0.25, 0.3) is 5.91 Å². The second-order valence-electron chi connectivity index (χ2n) is 5.66. The van der Waals surface area contributed by atoms with E-state index in [4.69, 9.17) is 16.3 Å². The lowest BCUT2D eigenvalue weighted by Gasteiger charge is -2.08. The minimum absolute atomic E-state index is 0.155. The maximum Gasteiger partial charge on any atom is 0.310 e. The van der Waals surface area contributed by atoms with E-state index in [-0.39, 0.29) is 18.9 Å². The van der Waals surface area contributed by atoms with Gasteiger partial charge in [-0.25, -0.2) is 0 Å². The molecule has 24 heavy (non-hydrogen) atoms. The molecule has 0 radical (unpaired) electrons. The minimum Gasteiger partial charge on any atom is -0.455 e. The highest BCUT2D eigenvalue weighted by molar-refractivity contribution is 6.30. The molecule has 0 saturated heterocycles. The molecule has 0 saturated carbocycles. The molecule has 0 spiro atoms. The van der Waals surface area contributed by atoms with Gasteiger partial charge in [-0.1, -0.05) is 41.9 Å². The third-order valence-corrected chi connectivity index (χ3v) is 3.90. The van der Waals surface area contributed by atoms with E-state index in [9.17, 15) is 9.59 Å². The number of benzene rings is 2. The molecule has 1 amide bonds. The second kappa shape index (κ2) is 8.50. The summed E-state index contributed by atoms with van der Waals surface area (Å²) >= 11 is 5.88. The first-order valence-electron chi connectivity index (χ1n) is 7.67. The minimum atomic E-state index is -0.420. The van der Waals surface area contributed by atoms with Gasteiger partial charge in [0.05, 0.1) is 6.42 Å². The number of carbonyl (C=O) groups excluding carboxylic acids is 2. The number of nitrogens with one attached hydrogen (secondary N) is 1. The van der Waals surface area contributed by atoms with Crippen LogP contribution in [0.3, 0.4) is 0 Å². The molecule has 0 heterocycles. The topological polar surface area (TPSA) is 55.4 Å². The van der Waals surface area contributed by atoms with Crippen molar-refractivity contribution in [3.8, 4) is 0 Å². The summed E-state index contributed by atoms with van der Waals surface area (Å²) in [7, 11) is 0. The highest BCUT2D eigenvalue weighted by Crippen LogP contribution is 2.11. The van der Waals surface area contributed by atoms with Crippen molar-refractivity contribution in [1.82, 2.24) is 5.32 Å². The Balaban J connectivity index is 1.74. The van der Waals surface area contributed by atoms with Gasteiger partial charge in [-0.05, 0) is 48.2 Å². The quantitative estimate of drug-likeness (QED) is 0.817. The predicted octanol–water partition coefficient (Wildman–Crippen LogP) is 3.36. The van der Waals surface area contributed by atoms with Crippen molar-refractivity contribution in [3.05, 3.63) is 69.7 Å². The molecule has 0 aliphatic heterocycles. The maximum atomic E-state index is 11.8. The summed E-state index contributed by atoms with van der Waals surface area (Å²) < 4.78 is 5.01. The second-order valence-corrected chi connectivity index (χ2v) is 6.10. The molecule has 0 aliphatic rings. The van der Waals surface area contributed by atoms with Crippen LogP contribution in [0.15, 0.2) is 42.5 Å². The van der Waals surface area contributed by atoms with Crippen LogP contribution < -0.4 is 5.32 Å². The molecule has 0 aromatic heterocycles. The summed E-state index contributed by atoms with van der Waals surface area (Å²) in [6.07, 6.45) is 0.155. The summed E-state index contributed by atoms with van der Waals surface area (Å²) in [6, 6.07) is 13.0. The molecule has 1 N–H and O–H groups in total. The van der Waals surface area contributed by atoms with E-state index in [1.54, 1.807) is 12.1 Å². The van der Waals surface area contributed by atoms with Crippen LogP contribution in [-0.2, 0) is 27.3 Å². The Morgan fingerprint density at radius 2 is 1.83 bits per heavy atom. The normalized spacial score (nSPS) is 10.3. The van der Waals surface area contributed by atoms with E-state index >= 15 is 0 Å². The number of hydrogen-bond acceptors (Lipinski definition) is 3. The van der Waals surface area contributed by atoms with Gasteiger partial charge >= 0.3 is 5.97 Å². The van der Waals surface area contributed by atoms with Gasteiger partial charge in [0.15, 0.2) is 6.61 Å². The fourth-order valence-electron chi connectivity index (χ4n) is 2.18. The predicted molar refractivity (Wildman–Crippen MR) is 93.9 cm³/mol. The highest BCUT2D eigenvalue weighted by atomic mass is 35.5. The van der Waals surface area contributed by atoms with Crippen LogP contribution in [0.2, 0.25) is 5.02 Å². The molecule has 4 nitrogen and oxygen atoms in total. The highest BCUT2D eigenvalue weighted by Gasteiger charge is 2.09. The monoisotopic (exact) mass is 345 g/mol. The third-order valence-electron chi connectivity index (χ3n) is 3.66. The number of aryl methyl sites for hydroxylation is 2. The van der Waals surface area contributed by atoms with Crippen molar-refractivity contribution in [2.75, 3.05) is 6.61 Å². The van der Waals surface area contributed by atoms with Crippen LogP contribution >= 0.6 is 11.6 Å². The van der Waals surface area contributed by atoms with Crippen molar-refractivity contribution in [3.63, 3.8) is 0 Å². The number of ether oxygens (including phenoxy) is 1. The largest absolute Gasteiger partial charge is 0.455 e. The summed E-state index contributed by atoms with van der Waals surface area (Å²) in [5.74, 6) is -0.764. The summed E-state index contributed by atoms with van der Waals surface area (Å²) in [5.41, 5.74) is 4.06. The Morgan fingerprint density at radius 1 is 1.04 bits per heavy atom. The summed E-state index contributed by atoms with van der Waals surface area (Å²) in [4.78, 5) is 23.5. The van der Waals surface area contributed by atoms with Crippen LogP contribution in [0, 0.1) is 13.8 Å². The number of hydrogen-bond donors (Lipinski definition) is 1. The van der Waals surface area contributed by atoms with E-state index in [2.05, 4.69) is 5.32 Å². The first-order valence-corrected chi connectivity index (χ1v) is 8.05. The van der Waals surface area contributed by atoms with Gasteiger partial charge in [-0.3, -0.25) is 9.59 Å². The van der Waals surface area contributed by atoms with Crippen LogP contribution in [0.4, 0.5) is 0 Å². The average molecular weight is 346 g/mol. The molecular weight excluding hydrogens is 326 g/mol. The van der Waals surface area contributed by atoms with Crippen LogP contribution in [-0.4, -0.2) is 18.5 Å². The van der Waals surface area contributed by atoms with Gasteiger partial charge < -0.3 is 10.1 Å². The van der Waals surface area contributed by atoms with Gasteiger partial charge in [0, 0.05) is 11.6 Å². The van der Waals surface area contributed by atoms with Gasteiger partial charge in [0.2, 0.25) is 0 Å². The molecule has 126 valence electrons. The van der Waals surface area contributed by atoms with E-state index in [0.717, 1.165) is 16.7 Å². The average Bonchev–Trinajstić information content (AvgIpc) is 2.54. The zero-order chi connectivity index (χ0) is 17.5. The molecule has 0 fully saturated rings. The van der Waals surface area contributed by atoms with Gasteiger partial charge in [-0.2, -0.15) is 0 Å². The standard InChI is InChI=1S/C19H20ClNO3/c1-13-6-7-15(8-14(13)2)10-19(23)24-12-18(22)21-11-16-4-3-5-17(20)9-16/h3-9H,10-12H2,1-2H3,(H,21,22). The molecule has 0 unspecified atom stereocenters. The van der Waals surface area contributed by atoms with Crippen LogP contribution in [0.5, 0.6) is 0 Å². The molecule has 2 rings (SSSR count). The zero-order valence-corrected chi connectivity index (χ0v) is 14.5. The van der Waals surface area contributed by atoms with E-state index in [1.165, 1.54) is 5.56 Å². The molecule has 2 aromatic carbocycles. The Hall–Kier alpha value is -2.33. The number of amides is 1. The first kappa shape index (κ1) is 18.0. The number of halogens is 1. The van der Waals surface area contributed by atoms with E-state index in [1.807, 2.05) is 44.2 Å². The van der Waals surface area contributed by atoms with Crippen molar-refractivity contribution in [2.24, 2.45) is 0 Å². The Morgan fingerprint density at radius 3 is 2.54 bits per heavy atom. The van der Waals surface area contributed by atoms with Gasteiger partial charge in [0.1, 0.15) is 0 Å². The molecule has 0 aliphatic carbocycles. The van der Waals surface area contributed by atoms with Crippen molar-refractivity contribution in [1.29, 1.82) is 0 Å². The van der Waals surface area contributed by atoms with Gasteiger partial charge in [-0.15, -0.1) is 0 Å².